The molecular formula is C23H20N6OS. The molecule has 0 unspecified atom stereocenters. The van der Waals surface area contributed by atoms with Crippen molar-refractivity contribution >= 4 is 11.3 Å². The molecule has 0 spiro atoms. The fourth-order valence-corrected chi connectivity index (χ4v) is 4.13. The van der Waals surface area contributed by atoms with E-state index in [4.69, 9.17) is 4.74 Å². The minimum absolute atomic E-state index is 0.535. The Kier molecular flexibility index (Phi) is 5.42. The van der Waals surface area contributed by atoms with Crippen molar-refractivity contribution in [1.29, 1.82) is 0 Å². The minimum atomic E-state index is 0.535. The van der Waals surface area contributed by atoms with Gasteiger partial charge in [0.25, 0.3) is 0 Å². The summed E-state index contributed by atoms with van der Waals surface area (Å²) in [4.78, 5) is 9.31. The number of methoxy groups -OCH3 is 1. The third kappa shape index (κ3) is 4.32. The van der Waals surface area contributed by atoms with Gasteiger partial charge in [-0.15, -0.1) is 16.4 Å². The van der Waals surface area contributed by atoms with E-state index < -0.39 is 0 Å². The van der Waals surface area contributed by atoms with Gasteiger partial charge in [0.2, 0.25) is 5.82 Å². The molecule has 1 aromatic carbocycles. The summed E-state index contributed by atoms with van der Waals surface area (Å²) in [6, 6.07) is 13.5. The number of pyridine rings is 1. The molecule has 8 heteroatoms. The van der Waals surface area contributed by atoms with Crippen LogP contribution >= 0.6 is 11.3 Å². The van der Waals surface area contributed by atoms with E-state index in [-0.39, 0.29) is 0 Å². The van der Waals surface area contributed by atoms with Crippen LogP contribution in [0.25, 0.3) is 11.5 Å². The molecule has 1 fully saturated rings. The summed E-state index contributed by atoms with van der Waals surface area (Å²) in [5.41, 5.74) is 3.59. The van der Waals surface area contributed by atoms with Crippen LogP contribution in [0.2, 0.25) is 0 Å². The monoisotopic (exact) mass is 428 g/mol. The van der Waals surface area contributed by atoms with Gasteiger partial charge in [0.1, 0.15) is 17.1 Å². The molecule has 1 aliphatic rings. The van der Waals surface area contributed by atoms with E-state index in [1.807, 2.05) is 42.5 Å². The highest BCUT2D eigenvalue weighted by Crippen LogP contribution is 2.36. The lowest BCUT2D eigenvalue weighted by molar-refractivity contribution is 0.412. The Balaban J connectivity index is 1.35. The molecule has 154 valence electrons. The molecule has 7 nitrogen and oxygen atoms in total. The number of tetrazole rings is 1. The van der Waals surface area contributed by atoms with Crippen LogP contribution in [0.3, 0.4) is 0 Å². The Morgan fingerprint density at radius 2 is 1.97 bits per heavy atom. The van der Waals surface area contributed by atoms with Crippen molar-refractivity contribution in [3.05, 3.63) is 69.8 Å². The molecule has 31 heavy (non-hydrogen) atoms. The van der Waals surface area contributed by atoms with Crippen LogP contribution in [0.5, 0.6) is 5.75 Å². The third-order valence-corrected chi connectivity index (χ3v) is 6.12. The van der Waals surface area contributed by atoms with E-state index in [2.05, 4.69) is 42.7 Å². The van der Waals surface area contributed by atoms with E-state index in [1.165, 1.54) is 25.0 Å². The largest absolute Gasteiger partial charge is 0.497 e. The van der Waals surface area contributed by atoms with Crippen molar-refractivity contribution in [1.82, 2.24) is 30.2 Å². The van der Waals surface area contributed by atoms with Crippen molar-refractivity contribution in [2.75, 3.05) is 7.11 Å². The number of thiazole rings is 1. The average molecular weight is 429 g/mol. The molecule has 0 atom stereocenters. The second kappa shape index (κ2) is 8.66. The maximum atomic E-state index is 5.21. The first-order valence-corrected chi connectivity index (χ1v) is 11.0. The Morgan fingerprint density at radius 3 is 2.74 bits per heavy atom. The SMILES string of the molecule is COc1ccc(Cn2nnnc2-c2cccc(C#Cc3nc(C4CCC4)cs3)n2)cc1. The van der Waals surface area contributed by atoms with E-state index in [0.29, 0.717) is 29.7 Å². The fraction of sp³-hybridized carbons (Fsp3) is 0.261. The van der Waals surface area contributed by atoms with Crippen LogP contribution in [0, 0.1) is 11.8 Å². The number of aromatic nitrogens is 6. The summed E-state index contributed by atoms with van der Waals surface area (Å²) < 4.78 is 6.94. The Hall–Kier alpha value is -3.57. The van der Waals surface area contributed by atoms with Crippen LogP contribution in [0.1, 0.15) is 47.1 Å². The first-order valence-electron chi connectivity index (χ1n) is 10.1. The average Bonchev–Trinajstić information content (AvgIpc) is 3.42. The third-order valence-electron chi connectivity index (χ3n) is 5.34. The maximum absolute atomic E-state index is 5.21. The van der Waals surface area contributed by atoms with Gasteiger partial charge in [0.15, 0.2) is 5.01 Å². The van der Waals surface area contributed by atoms with Crippen molar-refractivity contribution in [3.8, 4) is 29.1 Å². The maximum Gasteiger partial charge on any atom is 0.201 e. The van der Waals surface area contributed by atoms with Crippen molar-refractivity contribution in [2.24, 2.45) is 0 Å². The molecule has 0 amide bonds. The smallest absolute Gasteiger partial charge is 0.201 e. The van der Waals surface area contributed by atoms with Crippen LogP contribution in [-0.4, -0.2) is 37.3 Å². The molecule has 0 aliphatic heterocycles. The lowest BCUT2D eigenvalue weighted by Crippen LogP contribution is -2.08. The number of hydrogen-bond acceptors (Lipinski definition) is 7. The Morgan fingerprint density at radius 1 is 1.10 bits per heavy atom. The standard InChI is InChI=1S/C23H20N6OS/c1-30-19-11-8-16(9-12-19)14-29-23(26-27-28-29)20-7-3-6-18(24-20)10-13-22-25-21(15-31-22)17-4-2-5-17/h3,6-9,11-12,15,17H,2,4-5,14H2,1H3. The second-order valence-electron chi connectivity index (χ2n) is 7.37. The second-order valence-corrected chi connectivity index (χ2v) is 8.23. The van der Waals surface area contributed by atoms with Gasteiger partial charge >= 0.3 is 0 Å². The molecule has 0 bridgehead atoms. The van der Waals surface area contributed by atoms with Crippen LogP contribution in [0.4, 0.5) is 0 Å². The molecule has 0 N–H and O–H groups in total. The first-order chi connectivity index (χ1) is 15.3. The predicted octanol–water partition coefficient (Wildman–Crippen LogP) is 3.92. The van der Waals surface area contributed by atoms with Gasteiger partial charge in [-0.3, -0.25) is 0 Å². The van der Waals surface area contributed by atoms with Gasteiger partial charge in [0.05, 0.1) is 19.3 Å². The zero-order valence-electron chi connectivity index (χ0n) is 17.0. The molecule has 0 radical (unpaired) electrons. The normalized spacial score (nSPS) is 13.3. The highest BCUT2D eigenvalue weighted by Gasteiger charge is 2.21. The van der Waals surface area contributed by atoms with Gasteiger partial charge in [-0.2, -0.15) is 0 Å². The molecule has 1 saturated carbocycles. The van der Waals surface area contributed by atoms with E-state index in [0.717, 1.165) is 16.3 Å². The molecule has 3 heterocycles. The van der Waals surface area contributed by atoms with Gasteiger partial charge < -0.3 is 4.74 Å². The molecule has 3 aromatic heterocycles. The summed E-state index contributed by atoms with van der Waals surface area (Å²) in [6.45, 7) is 0.535. The quantitative estimate of drug-likeness (QED) is 0.449. The van der Waals surface area contributed by atoms with Crippen molar-refractivity contribution < 1.29 is 4.74 Å². The van der Waals surface area contributed by atoms with Crippen molar-refractivity contribution in [2.45, 2.75) is 31.7 Å². The summed E-state index contributed by atoms with van der Waals surface area (Å²) in [5, 5.41) is 15.1. The van der Waals surface area contributed by atoms with E-state index in [9.17, 15) is 0 Å². The summed E-state index contributed by atoms with van der Waals surface area (Å²) in [7, 11) is 1.65. The zero-order chi connectivity index (χ0) is 21.0. The number of benzene rings is 1. The summed E-state index contributed by atoms with van der Waals surface area (Å²) in [5.74, 6) is 8.31. The topological polar surface area (TPSA) is 78.6 Å². The van der Waals surface area contributed by atoms with Gasteiger partial charge in [-0.1, -0.05) is 24.6 Å². The van der Waals surface area contributed by atoms with E-state index >= 15 is 0 Å². The molecule has 0 saturated heterocycles. The Labute approximate surface area is 184 Å². The van der Waals surface area contributed by atoms with E-state index in [1.54, 1.807) is 23.1 Å². The van der Waals surface area contributed by atoms with Crippen LogP contribution in [-0.2, 0) is 6.54 Å². The highest BCUT2D eigenvalue weighted by atomic mass is 32.1. The van der Waals surface area contributed by atoms with Crippen LogP contribution in [0.15, 0.2) is 47.8 Å². The van der Waals surface area contributed by atoms with Crippen molar-refractivity contribution in [3.63, 3.8) is 0 Å². The number of hydrogen-bond donors (Lipinski definition) is 0. The number of rotatable bonds is 5. The number of ether oxygens (including phenoxy) is 1. The zero-order valence-corrected chi connectivity index (χ0v) is 17.8. The Bertz CT molecular complexity index is 1250. The highest BCUT2D eigenvalue weighted by molar-refractivity contribution is 7.10. The fourth-order valence-electron chi connectivity index (χ4n) is 3.38. The lowest BCUT2D eigenvalue weighted by Gasteiger charge is -2.22. The molecule has 4 aromatic rings. The summed E-state index contributed by atoms with van der Waals surface area (Å²) >= 11 is 1.60. The minimum Gasteiger partial charge on any atom is -0.497 e. The van der Waals surface area contributed by atoms with Gasteiger partial charge in [-0.25, -0.2) is 14.6 Å². The van der Waals surface area contributed by atoms with Gasteiger partial charge in [0, 0.05) is 11.3 Å². The summed E-state index contributed by atoms with van der Waals surface area (Å²) in [6.07, 6.45) is 3.79. The number of nitrogens with zero attached hydrogens (tertiary/aromatic N) is 6. The van der Waals surface area contributed by atoms with Gasteiger partial charge in [-0.05, 0) is 64.9 Å². The van der Waals surface area contributed by atoms with Crippen LogP contribution < -0.4 is 4.74 Å². The lowest BCUT2D eigenvalue weighted by atomic mass is 9.83. The molecular weight excluding hydrogens is 408 g/mol. The first kappa shape index (κ1) is 19.4. The molecule has 5 rings (SSSR count). The molecule has 1 aliphatic carbocycles. The predicted molar refractivity (Wildman–Crippen MR) is 118 cm³/mol.